The van der Waals surface area contributed by atoms with E-state index < -0.39 is 29.6 Å². The first kappa shape index (κ1) is 17.4. The molecular formula is C21H26FNO5. The van der Waals surface area contributed by atoms with Gasteiger partial charge in [0.1, 0.15) is 6.67 Å². The summed E-state index contributed by atoms with van der Waals surface area (Å²) < 4.78 is 37.7. The van der Waals surface area contributed by atoms with E-state index in [-0.39, 0.29) is 6.04 Å². The lowest BCUT2D eigenvalue weighted by Gasteiger charge is -2.65. The van der Waals surface area contributed by atoms with Crippen molar-refractivity contribution in [1.82, 2.24) is 4.90 Å². The number of fused-ring (bicyclic) bond motifs is 1. The van der Waals surface area contributed by atoms with Crippen LogP contribution < -0.4 is 9.47 Å². The maximum absolute atomic E-state index is 13.3. The van der Waals surface area contributed by atoms with Crippen molar-refractivity contribution in [1.29, 1.82) is 0 Å². The minimum absolute atomic E-state index is 0.131. The van der Waals surface area contributed by atoms with E-state index >= 15 is 0 Å². The molecule has 5 aliphatic rings. The van der Waals surface area contributed by atoms with Crippen LogP contribution in [-0.2, 0) is 21.3 Å². The summed E-state index contributed by atoms with van der Waals surface area (Å²) in [4.78, 5) is 2.13. The Morgan fingerprint density at radius 3 is 2.82 bits per heavy atom. The molecule has 2 bridgehead atoms. The number of aliphatic hydroxyl groups is 1. The second-order valence-electron chi connectivity index (χ2n) is 8.73. The lowest BCUT2D eigenvalue weighted by Crippen LogP contribution is -2.79. The van der Waals surface area contributed by atoms with Gasteiger partial charge in [0.25, 0.3) is 0 Å². The number of piperidine rings is 1. The van der Waals surface area contributed by atoms with Gasteiger partial charge < -0.3 is 24.1 Å². The SMILES string of the molecule is COc1ccc2c3c1O[C@H]1C4(CC[C@@]5(O)[C@@H](C2)N(CCF)CC[C@]315)OCCO4. The van der Waals surface area contributed by atoms with E-state index in [0.29, 0.717) is 51.2 Å². The van der Waals surface area contributed by atoms with E-state index in [1.807, 2.05) is 6.07 Å². The molecule has 2 saturated heterocycles. The zero-order valence-electron chi connectivity index (χ0n) is 16.1. The Hall–Kier alpha value is -1.41. The number of hydrogen-bond donors (Lipinski definition) is 1. The van der Waals surface area contributed by atoms with Gasteiger partial charge in [0, 0.05) is 24.6 Å². The van der Waals surface area contributed by atoms with E-state index in [9.17, 15) is 9.50 Å². The molecule has 3 heterocycles. The van der Waals surface area contributed by atoms with E-state index in [4.69, 9.17) is 18.9 Å². The zero-order valence-corrected chi connectivity index (χ0v) is 16.1. The number of nitrogens with zero attached hydrogens (tertiary/aromatic N) is 1. The lowest BCUT2D eigenvalue weighted by atomic mass is 9.48. The lowest BCUT2D eigenvalue weighted by molar-refractivity contribution is -0.296. The van der Waals surface area contributed by atoms with Gasteiger partial charge >= 0.3 is 0 Å². The molecule has 2 aliphatic carbocycles. The van der Waals surface area contributed by atoms with Crippen molar-refractivity contribution < 1.29 is 28.4 Å². The van der Waals surface area contributed by atoms with E-state index in [1.54, 1.807) is 7.11 Å². The van der Waals surface area contributed by atoms with Crippen LogP contribution in [0.25, 0.3) is 0 Å². The number of benzene rings is 1. The summed E-state index contributed by atoms with van der Waals surface area (Å²) >= 11 is 0. The van der Waals surface area contributed by atoms with Crippen molar-refractivity contribution in [3.63, 3.8) is 0 Å². The maximum Gasteiger partial charge on any atom is 0.207 e. The normalized spacial score (nSPS) is 39.7. The van der Waals surface area contributed by atoms with Gasteiger partial charge in [0.15, 0.2) is 17.6 Å². The average molecular weight is 391 g/mol. The number of hydrogen-bond acceptors (Lipinski definition) is 6. The van der Waals surface area contributed by atoms with Crippen LogP contribution in [0.4, 0.5) is 4.39 Å². The topological polar surface area (TPSA) is 60.4 Å². The van der Waals surface area contributed by atoms with Crippen molar-refractivity contribution in [3.05, 3.63) is 23.3 Å². The van der Waals surface area contributed by atoms with E-state index in [2.05, 4.69) is 11.0 Å². The van der Waals surface area contributed by atoms with Crippen LogP contribution in [0, 0.1) is 0 Å². The predicted octanol–water partition coefficient (Wildman–Crippen LogP) is 1.56. The summed E-state index contributed by atoms with van der Waals surface area (Å²) in [5.41, 5.74) is 0.598. The zero-order chi connectivity index (χ0) is 19.1. The Kier molecular flexibility index (Phi) is 3.49. The summed E-state index contributed by atoms with van der Waals surface area (Å²) in [6.07, 6.45) is 2.07. The van der Waals surface area contributed by atoms with Gasteiger partial charge in [-0.05, 0) is 37.4 Å². The molecule has 0 aromatic heterocycles. The number of likely N-dealkylation sites (tertiary alicyclic amines) is 1. The van der Waals surface area contributed by atoms with Crippen LogP contribution in [0.3, 0.4) is 0 Å². The van der Waals surface area contributed by atoms with Gasteiger partial charge in [-0.15, -0.1) is 0 Å². The van der Waals surface area contributed by atoms with Gasteiger partial charge in [-0.1, -0.05) is 6.07 Å². The third kappa shape index (κ3) is 1.78. The monoisotopic (exact) mass is 391 g/mol. The molecule has 7 heteroatoms. The van der Waals surface area contributed by atoms with E-state index in [1.165, 1.54) is 0 Å². The quantitative estimate of drug-likeness (QED) is 0.844. The molecule has 152 valence electrons. The highest BCUT2D eigenvalue weighted by molar-refractivity contribution is 5.63. The predicted molar refractivity (Wildman–Crippen MR) is 97.6 cm³/mol. The van der Waals surface area contributed by atoms with Gasteiger partial charge in [0.05, 0.1) is 31.3 Å². The maximum atomic E-state index is 13.3. The van der Waals surface area contributed by atoms with Gasteiger partial charge in [-0.25, -0.2) is 4.39 Å². The Balaban J connectivity index is 1.60. The number of methoxy groups -OCH3 is 1. The largest absolute Gasteiger partial charge is 0.493 e. The van der Waals surface area contributed by atoms with Gasteiger partial charge in [-0.2, -0.15) is 0 Å². The second kappa shape index (κ2) is 5.59. The van der Waals surface area contributed by atoms with Crippen LogP contribution >= 0.6 is 0 Å². The van der Waals surface area contributed by atoms with Crippen molar-refractivity contribution >= 4 is 0 Å². The molecule has 1 N–H and O–H groups in total. The average Bonchev–Trinajstić information content (AvgIpc) is 3.30. The Bertz CT molecular complexity index is 827. The highest BCUT2D eigenvalue weighted by atomic mass is 19.1. The van der Waals surface area contributed by atoms with Crippen molar-refractivity contribution in [3.8, 4) is 11.5 Å². The van der Waals surface area contributed by atoms with Crippen molar-refractivity contribution in [2.45, 2.75) is 54.6 Å². The molecule has 28 heavy (non-hydrogen) atoms. The summed E-state index contributed by atoms with van der Waals surface area (Å²) in [7, 11) is 1.64. The molecule has 4 atom stereocenters. The molecule has 6 nitrogen and oxygen atoms in total. The fourth-order valence-corrected chi connectivity index (χ4v) is 6.88. The highest BCUT2D eigenvalue weighted by Crippen LogP contribution is 2.68. The molecule has 0 amide bonds. The molecule has 0 radical (unpaired) electrons. The third-order valence-corrected chi connectivity index (χ3v) is 7.93. The smallest absolute Gasteiger partial charge is 0.207 e. The van der Waals surface area contributed by atoms with Gasteiger partial charge in [-0.3, -0.25) is 4.90 Å². The van der Waals surface area contributed by atoms with Crippen LogP contribution in [0.15, 0.2) is 12.1 Å². The van der Waals surface area contributed by atoms with E-state index in [0.717, 1.165) is 23.4 Å². The summed E-state index contributed by atoms with van der Waals surface area (Å²) in [5.74, 6) is 0.571. The summed E-state index contributed by atoms with van der Waals surface area (Å²) in [6.45, 7) is 1.74. The number of alkyl halides is 1. The number of ether oxygens (including phenoxy) is 4. The molecule has 2 spiro atoms. The standard InChI is InChI=1S/C21H26FNO5/c1-25-14-3-2-13-12-15-20(24)4-5-21(26-10-11-27-21)18-19(20,16(13)17(14)28-18)6-8-23(15)9-7-22/h2-3,15,18,24H,4-12H2,1H3/t15-,18-,19+,20-/m1/s1. The molecule has 1 aromatic carbocycles. The number of halogens is 1. The van der Waals surface area contributed by atoms with Crippen molar-refractivity contribution in [2.75, 3.05) is 40.1 Å². The molecule has 1 saturated carbocycles. The minimum atomic E-state index is -1.00. The third-order valence-electron chi connectivity index (χ3n) is 7.93. The molecule has 3 aliphatic heterocycles. The fraction of sp³-hybridized carbons (Fsp3) is 0.714. The Morgan fingerprint density at radius 2 is 2.07 bits per heavy atom. The fourth-order valence-electron chi connectivity index (χ4n) is 6.88. The van der Waals surface area contributed by atoms with Crippen LogP contribution in [0.2, 0.25) is 0 Å². The highest BCUT2D eigenvalue weighted by Gasteiger charge is 2.77. The molecular weight excluding hydrogens is 365 g/mol. The number of rotatable bonds is 3. The molecule has 1 aromatic rings. The molecule has 0 unspecified atom stereocenters. The van der Waals surface area contributed by atoms with Crippen LogP contribution in [0.1, 0.15) is 30.4 Å². The van der Waals surface area contributed by atoms with Crippen LogP contribution in [-0.4, -0.2) is 73.6 Å². The molecule has 3 fully saturated rings. The minimum Gasteiger partial charge on any atom is -0.493 e. The summed E-state index contributed by atoms with van der Waals surface area (Å²) in [5, 5.41) is 12.2. The van der Waals surface area contributed by atoms with Crippen LogP contribution in [0.5, 0.6) is 11.5 Å². The first-order chi connectivity index (χ1) is 13.6. The summed E-state index contributed by atoms with van der Waals surface area (Å²) in [6, 6.07) is 3.88. The molecule has 6 rings (SSSR count). The second-order valence-corrected chi connectivity index (χ2v) is 8.73. The van der Waals surface area contributed by atoms with Crippen molar-refractivity contribution in [2.24, 2.45) is 0 Å². The Labute approximate surface area is 163 Å². The van der Waals surface area contributed by atoms with Gasteiger partial charge in [0.2, 0.25) is 5.79 Å². The Morgan fingerprint density at radius 1 is 1.25 bits per heavy atom. The first-order valence-electron chi connectivity index (χ1n) is 10.3. The first-order valence-corrected chi connectivity index (χ1v) is 10.3.